The maximum Gasteiger partial charge on any atom is 0.421 e. The number of sulfonamides is 1. The van der Waals surface area contributed by atoms with Crippen molar-refractivity contribution in [3.05, 3.63) is 53.6 Å². The number of alkyl halides is 3. The first kappa shape index (κ1) is 24.5. The van der Waals surface area contributed by atoms with Crippen LogP contribution in [0, 0.1) is 11.3 Å². The van der Waals surface area contributed by atoms with E-state index in [9.17, 15) is 26.7 Å². The molecule has 0 radical (unpaired) electrons. The molecule has 178 valence electrons. The van der Waals surface area contributed by atoms with E-state index in [-0.39, 0.29) is 41.0 Å². The summed E-state index contributed by atoms with van der Waals surface area (Å²) >= 11 is 0. The van der Waals surface area contributed by atoms with Gasteiger partial charge in [0.15, 0.2) is 5.82 Å². The predicted molar refractivity (Wildman–Crippen MR) is 116 cm³/mol. The van der Waals surface area contributed by atoms with Crippen LogP contribution in [-0.4, -0.2) is 46.8 Å². The third-order valence-electron chi connectivity index (χ3n) is 4.44. The van der Waals surface area contributed by atoms with Crippen LogP contribution >= 0.6 is 0 Å². The van der Waals surface area contributed by atoms with Crippen LogP contribution in [0.3, 0.4) is 0 Å². The van der Waals surface area contributed by atoms with Crippen LogP contribution < -0.4 is 14.9 Å². The molecule has 3 rings (SSSR count). The standard InChI is InChI=1S/C19H17F3N8O3S/c1-30(34(2,32)33)17-14(24-5-6-25-17)10-26-16-13(19(20,21)22)9-27-18(29-16)28-12-4-3-11(8-23)15(31)7-12/h3-7,9,31H,10H2,1-2H3,(H2,26,27,28,29). The molecule has 0 spiro atoms. The summed E-state index contributed by atoms with van der Waals surface area (Å²) in [6.07, 6.45) is -0.749. The van der Waals surface area contributed by atoms with Crippen molar-refractivity contribution in [3.8, 4) is 11.8 Å². The normalized spacial score (nSPS) is 11.5. The van der Waals surface area contributed by atoms with Crippen molar-refractivity contribution in [2.45, 2.75) is 12.7 Å². The van der Waals surface area contributed by atoms with Crippen molar-refractivity contribution in [1.29, 1.82) is 5.26 Å². The van der Waals surface area contributed by atoms with Gasteiger partial charge in [-0.1, -0.05) is 0 Å². The second-order valence-electron chi connectivity index (χ2n) is 6.83. The Morgan fingerprint density at radius 1 is 1.21 bits per heavy atom. The van der Waals surface area contributed by atoms with Gasteiger partial charge in [-0.25, -0.2) is 18.4 Å². The monoisotopic (exact) mass is 494 g/mol. The SMILES string of the molecule is CN(c1nccnc1CNc1nc(Nc2ccc(C#N)c(O)c2)ncc1C(F)(F)F)S(C)(=O)=O. The third-order valence-corrected chi connectivity index (χ3v) is 5.61. The first-order chi connectivity index (χ1) is 15.9. The van der Waals surface area contributed by atoms with Gasteiger partial charge >= 0.3 is 6.18 Å². The molecule has 0 aliphatic rings. The first-order valence-corrected chi connectivity index (χ1v) is 11.2. The highest BCUT2D eigenvalue weighted by molar-refractivity contribution is 7.92. The number of phenolic OH excluding ortho intramolecular Hbond substituents is 1. The number of halogens is 3. The molecule has 0 aliphatic carbocycles. The molecule has 1 aromatic carbocycles. The van der Waals surface area contributed by atoms with Crippen LogP contribution in [-0.2, 0) is 22.7 Å². The van der Waals surface area contributed by atoms with E-state index in [0.717, 1.165) is 10.6 Å². The van der Waals surface area contributed by atoms with E-state index < -0.39 is 27.6 Å². The van der Waals surface area contributed by atoms with E-state index in [2.05, 4.69) is 30.6 Å². The fourth-order valence-electron chi connectivity index (χ4n) is 2.69. The third kappa shape index (κ3) is 5.59. The molecule has 0 aliphatic heterocycles. The van der Waals surface area contributed by atoms with Crippen molar-refractivity contribution in [3.63, 3.8) is 0 Å². The number of nitrogens with one attached hydrogen (secondary N) is 2. The van der Waals surface area contributed by atoms with Gasteiger partial charge in [0.25, 0.3) is 0 Å². The number of hydrogen-bond donors (Lipinski definition) is 3. The second-order valence-corrected chi connectivity index (χ2v) is 8.85. The van der Waals surface area contributed by atoms with Gasteiger partial charge < -0.3 is 15.7 Å². The maximum atomic E-state index is 13.5. The first-order valence-electron chi connectivity index (χ1n) is 9.32. The number of aromatic nitrogens is 4. The van der Waals surface area contributed by atoms with Gasteiger partial charge in [-0.3, -0.25) is 9.29 Å². The predicted octanol–water partition coefficient (Wildman–Crippen LogP) is 2.61. The van der Waals surface area contributed by atoms with Gasteiger partial charge in [0, 0.05) is 37.4 Å². The Hall–Kier alpha value is -4.19. The molecule has 0 amide bonds. The maximum absolute atomic E-state index is 13.5. The molecule has 0 fully saturated rings. The highest BCUT2D eigenvalue weighted by Crippen LogP contribution is 2.34. The van der Waals surface area contributed by atoms with Crippen LogP contribution in [0.2, 0.25) is 0 Å². The minimum atomic E-state index is -4.79. The molecule has 11 nitrogen and oxygen atoms in total. The average Bonchev–Trinajstić information content (AvgIpc) is 2.76. The van der Waals surface area contributed by atoms with Crippen molar-refractivity contribution >= 4 is 33.3 Å². The van der Waals surface area contributed by atoms with Gasteiger partial charge in [-0.05, 0) is 12.1 Å². The molecule has 3 N–H and O–H groups in total. The van der Waals surface area contributed by atoms with Gasteiger partial charge in [0.2, 0.25) is 16.0 Å². The summed E-state index contributed by atoms with van der Waals surface area (Å²) in [5.74, 6) is -1.22. The lowest BCUT2D eigenvalue weighted by Crippen LogP contribution is -2.27. The Kier molecular flexibility index (Phi) is 6.73. The summed E-state index contributed by atoms with van der Waals surface area (Å²) in [4.78, 5) is 15.5. The van der Waals surface area contributed by atoms with Gasteiger partial charge in [-0.15, -0.1) is 0 Å². The number of rotatable bonds is 7. The van der Waals surface area contributed by atoms with E-state index in [0.29, 0.717) is 6.20 Å². The number of phenols is 1. The summed E-state index contributed by atoms with van der Waals surface area (Å²) in [7, 11) is -2.46. The smallest absolute Gasteiger partial charge is 0.421 e. The number of hydrogen-bond acceptors (Lipinski definition) is 10. The van der Waals surface area contributed by atoms with E-state index in [1.807, 2.05) is 0 Å². The molecule has 0 saturated heterocycles. The highest BCUT2D eigenvalue weighted by atomic mass is 32.2. The number of benzene rings is 1. The Morgan fingerprint density at radius 2 is 1.91 bits per heavy atom. The molecule has 0 unspecified atom stereocenters. The lowest BCUT2D eigenvalue weighted by Gasteiger charge is -2.19. The summed E-state index contributed by atoms with van der Waals surface area (Å²) < 4.78 is 65.1. The molecule has 2 aromatic heterocycles. The molecular weight excluding hydrogens is 477 g/mol. The Balaban J connectivity index is 1.92. The van der Waals surface area contributed by atoms with Gasteiger partial charge in [0.05, 0.1) is 18.4 Å². The summed E-state index contributed by atoms with van der Waals surface area (Å²) in [5.41, 5.74) is -0.857. The van der Waals surface area contributed by atoms with Gasteiger partial charge in [-0.2, -0.15) is 23.4 Å². The molecule has 0 atom stereocenters. The van der Waals surface area contributed by atoms with Crippen molar-refractivity contribution < 1.29 is 26.7 Å². The van der Waals surface area contributed by atoms with E-state index in [1.54, 1.807) is 6.07 Å². The van der Waals surface area contributed by atoms with E-state index in [1.165, 1.54) is 37.6 Å². The minimum Gasteiger partial charge on any atom is -0.506 e. The fourth-order valence-corrected chi connectivity index (χ4v) is 3.16. The fraction of sp³-hybridized carbons (Fsp3) is 0.211. The number of aromatic hydroxyl groups is 1. The lowest BCUT2D eigenvalue weighted by molar-refractivity contribution is -0.137. The van der Waals surface area contributed by atoms with Gasteiger partial charge in [0.1, 0.15) is 28.9 Å². The van der Waals surface area contributed by atoms with Crippen molar-refractivity contribution in [2.24, 2.45) is 0 Å². The van der Waals surface area contributed by atoms with E-state index in [4.69, 9.17) is 5.26 Å². The zero-order valence-electron chi connectivity index (χ0n) is 17.7. The molecule has 34 heavy (non-hydrogen) atoms. The number of anilines is 4. The zero-order chi connectivity index (χ0) is 25.1. The zero-order valence-corrected chi connectivity index (χ0v) is 18.5. The van der Waals surface area contributed by atoms with Crippen LogP contribution in [0.5, 0.6) is 5.75 Å². The van der Waals surface area contributed by atoms with Crippen molar-refractivity contribution in [2.75, 3.05) is 28.2 Å². The quantitative estimate of drug-likeness (QED) is 0.446. The number of nitriles is 1. The molecule has 2 heterocycles. The van der Waals surface area contributed by atoms with Crippen LogP contribution in [0.25, 0.3) is 0 Å². The minimum absolute atomic E-state index is 0.0140. The van der Waals surface area contributed by atoms with E-state index >= 15 is 0 Å². The van der Waals surface area contributed by atoms with Crippen LogP contribution in [0.15, 0.2) is 36.8 Å². The summed E-state index contributed by atoms with van der Waals surface area (Å²) in [6.45, 7) is -0.333. The topological polar surface area (TPSA) is 157 Å². The van der Waals surface area contributed by atoms with Crippen LogP contribution in [0.1, 0.15) is 16.8 Å². The molecule has 0 bridgehead atoms. The Morgan fingerprint density at radius 3 is 2.53 bits per heavy atom. The molecule has 3 aromatic rings. The molecular formula is C19H17F3N8O3S. The summed E-state index contributed by atoms with van der Waals surface area (Å²) in [6, 6.07) is 5.70. The Bertz CT molecular complexity index is 1360. The largest absolute Gasteiger partial charge is 0.506 e. The van der Waals surface area contributed by atoms with Crippen molar-refractivity contribution in [1.82, 2.24) is 19.9 Å². The lowest BCUT2D eigenvalue weighted by atomic mass is 10.2. The summed E-state index contributed by atoms with van der Waals surface area (Å²) in [5, 5.41) is 23.8. The molecule has 15 heteroatoms. The number of nitrogens with zero attached hydrogens (tertiary/aromatic N) is 6. The van der Waals surface area contributed by atoms with Crippen LogP contribution in [0.4, 0.5) is 36.4 Å². The average molecular weight is 494 g/mol. The highest BCUT2D eigenvalue weighted by Gasteiger charge is 2.35. The second kappa shape index (κ2) is 9.35. The molecule has 0 saturated carbocycles. The Labute approximate surface area is 192 Å².